The van der Waals surface area contributed by atoms with Gasteiger partial charge in [-0.05, 0) is 11.1 Å². The van der Waals surface area contributed by atoms with Gasteiger partial charge in [0.2, 0.25) is 0 Å². The highest BCUT2D eigenvalue weighted by Crippen LogP contribution is 2.40. The van der Waals surface area contributed by atoms with Crippen molar-refractivity contribution in [2.45, 2.75) is 30.8 Å². The first-order valence-corrected chi connectivity index (χ1v) is 9.17. The number of rotatable bonds is 8. The van der Waals surface area contributed by atoms with Crippen molar-refractivity contribution in [2.24, 2.45) is 0 Å². The Hall–Kier alpha value is -2.43. The van der Waals surface area contributed by atoms with E-state index in [4.69, 9.17) is 4.52 Å². The van der Waals surface area contributed by atoms with Gasteiger partial charge in [0.1, 0.15) is 0 Å². The van der Waals surface area contributed by atoms with E-state index in [9.17, 15) is 20.0 Å². The van der Waals surface area contributed by atoms with Crippen molar-refractivity contribution in [1.29, 1.82) is 10.5 Å². The molecule has 0 aliphatic heterocycles. The number of benzene rings is 2. The van der Waals surface area contributed by atoms with Crippen LogP contribution in [0.3, 0.4) is 0 Å². The number of hydrogen-bond acceptors (Lipinski definition) is 4. The van der Waals surface area contributed by atoms with Gasteiger partial charge in [-0.25, -0.2) is 0 Å². The molecular formula is C19H19N2O3P. The molecule has 1 N–H and O–H groups in total. The van der Waals surface area contributed by atoms with Gasteiger partial charge >= 0.3 is 8.25 Å². The first kappa shape index (κ1) is 18.9. The number of hydrogen-bond donors (Lipinski definition) is 1. The highest BCUT2D eigenvalue weighted by Gasteiger charge is 2.33. The van der Waals surface area contributed by atoms with Crippen LogP contribution in [0, 0.1) is 22.7 Å². The van der Waals surface area contributed by atoms with Gasteiger partial charge in [-0.1, -0.05) is 60.7 Å². The minimum atomic E-state index is -3.24. The third-order valence-electron chi connectivity index (χ3n) is 4.11. The molecule has 2 rings (SSSR count). The lowest BCUT2D eigenvalue weighted by atomic mass is 9.79. The van der Waals surface area contributed by atoms with Crippen LogP contribution in [-0.4, -0.2) is 11.0 Å². The zero-order chi connectivity index (χ0) is 18.1. The van der Waals surface area contributed by atoms with E-state index in [1.807, 2.05) is 60.7 Å². The van der Waals surface area contributed by atoms with Crippen LogP contribution in [0.2, 0.25) is 0 Å². The molecule has 3 unspecified atom stereocenters. The first-order chi connectivity index (χ1) is 12.2. The van der Waals surface area contributed by atoms with Crippen molar-refractivity contribution in [1.82, 2.24) is 0 Å². The Morgan fingerprint density at radius 3 is 1.60 bits per heavy atom. The van der Waals surface area contributed by atoms with Crippen molar-refractivity contribution >= 4 is 8.25 Å². The lowest BCUT2D eigenvalue weighted by Gasteiger charge is -2.31. The second kappa shape index (κ2) is 9.77. The van der Waals surface area contributed by atoms with E-state index >= 15 is 0 Å². The Labute approximate surface area is 148 Å². The third-order valence-corrected chi connectivity index (χ3v) is 4.58. The topological polar surface area (TPSA) is 94.1 Å². The summed E-state index contributed by atoms with van der Waals surface area (Å²) in [4.78, 5) is 9.41. The van der Waals surface area contributed by atoms with Crippen molar-refractivity contribution in [2.75, 3.05) is 0 Å². The van der Waals surface area contributed by atoms with Crippen LogP contribution >= 0.6 is 8.25 Å². The van der Waals surface area contributed by atoms with E-state index in [1.165, 1.54) is 0 Å². The van der Waals surface area contributed by atoms with Gasteiger partial charge in [0, 0.05) is 24.7 Å². The lowest BCUT2D eigenvalue weighted by Crippen LogP contribution is -2.28. The standard InChI is InChI=1S/C19H19N2O3P/c20-13-11-17(15-7-3-1-4-8-15)19(24-25(22)23)18(12-14-21)16-9-5-2-6-10-16/h1-10,17-19,25H,11-12H2,(H,22,23). The van der Waals surface area contributed by atoms with E-state index < -0.39 is 26.2 Å². The fourth-order valence-corrected chi connectivity index (χ4v) is 3.57. The quantitative estimate of drug-likeness (QED) is 0.719. The lowest BCUT2D eigenvalue weighted by molar-refractivity contribution is 0.133. The fourth-order valence-electron chi connectivity index (χ4n) is 3.01. The maximum atomic E-state index is 11.5. The molecule has 0 saturated heterocycles. The molecule has 0 aliphatic rings. The van der Waals surface area contributed by atoms with Crippen molar-refractivity contribution in [3.8, 4) is 12.1 Å². The predicted molar refractivity (Wildman–Crippen MR) is 94.9 cm³/mol. The molecule has 6 heteroatoms. The normalized spacial score (nSPS) is 15.3. The summed E-state index contributed by atoms with van der Waals surface area (Å²) < 4.78 is 16.9. The summed E-state index contributed by atoms with van der Waals surface area (Å²) in [6.07, 6.45) is -0.502. The molecule has 3 atom stereocenters. The number of nitriles is 2. The Morgan fingerprint density at radius 1 is 0.880 bits per heavy atom. The zero-order valence-electron chi connectivity index (χ0n) is 13.6. The van der Waals surface area contributed by atoms with Gasteiger partial charge in [0.05, 0.1) is 18.2 Å². The smallest absolute Gasteiger partial charge is 0.316 e. The largest absolute Gasteiger partial charge is 0.326 e. The SMILES string of the molecule is N#CCC(c1ccccc1)C(O[PH](=O)O)C(CC#N)c1ccccc1. The molecule has 0 spiro atoms. The Bertz CT molecular complexity index is 709. The van der Waals surface area contributed by atoms with Gasteiger partial charge in [0.15, 0.2) is 0 Å². The second-order valence-corrected chi connectivity index (χ2v) is 6.37. The van der Waals surface area contributed by atoms with E-state index in [0.29, 0.717) is 0 Å². The summed E-state index contributed by atoms with van der Waals surface area (Å²) >= 11 is 0. The van der Waals surface area contributed by atoms with Gasteiger partial charge in [-0.3, -0.25) is 4.57 Å². The summed E-state index contributed by atoms with van der Waals surface area (Å²) in [6.45, 7) is 0. The van der Waals surface area contributed by atoms with Crippen molar-refractivity contribution in [3.63, 3.8) is 0 Å². The van der Waals surface area contributed by atoms with E-state index in [-0.39, 0.29) is 12.8 Å². The Kier molecular flexibility index (Phi) is 7.38. The molecule has 0 amide bonds. The molecular weight excluding hydrogens is 335 g/mol. The molecule has 0 radical (unpaired) electrons. The summed E-state index contributed by atoms with van der Waals surface area (Å²) in [5, 5.41) is 18.5. The maximum Gasteiger partial charge on any atom is 0.316 e. The zero-order valence-corrected chi connectivity index (χ0v) is 14.6. The molecule has 0 aromatic heterocycles. The van der Waals surface area contributed by atoms with Crippen LogP contribution in [0.4, 0.5) is 0 Å². The highest BCUT2D eigenvalue weighted by molar-refractivity contribution is 7.32. The number of nitrogens with zero attached hydrogens (tertiary/aromatic N) is 2. The Morgan fingerprint density at radius 2 is 1.28 bits per heavy atom. The van der Waals surface area contributed by atoms with E-state index in [2.05, 4.69) is 12.1 Å². The van der Waals surface area contributed by atoms with E-state index in [1.54, 1.807) is 0 Å². The monoisotopic (exact) mass is 354 g/mol. The van der Waals surface area contributed by atoms with Gasteiger partial charge < -0.3 is 9.42 Å². The highest BCUT2D eigenvalue weighted by atomic mass is 31.1. The molecule has 0 heterocycles. The average Bonchev–Trinajstić information content (AvgIpc) is 2.64. The predicted octanol–water partition coefficient (Wildman–Crippen LogP) is 4.15. The maximum absolute atomic E-state index is 11.5. The average molecular weight is 354 g/mol. The summed E-state index contributed by atoms with van der Waals surface area (Å²) in [6, 6.07) is 22.8. The molecule has 128 valence electrons. The van der Waals surface area contributed by atoms with E-state index in [0.717, 1.165) is 11.1 Å². The third kappa shape index (κ3) is 5.28. The molecule has 5 nitrogen and oxygen atoms in total. The Balaban J connectivity index is 2.49. The molecule has 2 aromatic rings. The van der Waals surface area contributed by atoms with Gasteiger partial charge in [0.25, 0.3) is 0 Å². The fraction of sp³-hybridized carbons (Fsp3) is 0.263. The van der Waals surface area contributed by atoms with Gasteiger partial charge in [-0.15, -0.1) is 0 Å². The van der Waals surface area contributed by atoms with Crippen molar-refractivity contribution < 1.29 is 14.0 Å². The molecule has 25 heavy (non-hydrogen) atoms. The van der Waals surface area contributed by atoms with Crippen LogP contribution in [0.5, 0.6) is 0 Å². The molecule has 0 bridgehead atoms. The molecule has 0 aliphatic carbocycles. The van der Waals surface area contributed by atoms with Crippen LogP contribution in [0.1, 0.15) is 35.8 Å². The molecule has 2 aromatic carbocycles. The van der Waals surface area contributed by atoms with Gasteiger partial charge in [-0.2, -0.15) is 10.5 Å². The summed E-state index contributed by atoms with van der Waals surface area (Å²) in [7, 11) is -3.24. The van der Waals surface area contributed by atoms with Crippen LogP contribution in [0.25, 0.3) is 0 Å². The summed E-state index contributed by atoms with van der Waals surface area (Å²) in [5.74, 6) is -0.822. The first-order valence-electron chi connectivity index (χ1n) is 7.90. The van der Waals surface area contributed by atoms with Crippen LogP contribution in [-0.2, 0) is 9.09 Å². The summed E-state index contributed by atoms with van der Waals surface area (Å²) in [5.41, 5.74) is 1.69. The van der Waals surface area contributed by atoms with Crippen LogP contribution < -0.4 is 0 Å². The molecule has 0 fully saturated rings. The minimum absolute atomic E-state index is 0.124. The minimum Gasteiger partial charge on any atom is -0.326 e. The second-order valence-electron chi connectivity index (χ2n) is 5.61. The van der Waals surface area contributed by atoms with Crippen LogP contribution in [0.15, 0.2) is 60.7 Å². The molecule has 0 saturated carbocycles. The van der Waals surface area contributed by atoms with Crippen molar-refractivity contribution in [3.05, 3.63) is 71.8 Å².